The first-order valence-corrected chi connectivity index (χ1v) is 3.55. The lowest BCUT2D eigenvalue weighted by atomic mass is 10.4. The second-order valence-electron chi connectivity index (χ2n) is 2.36. The molecule has 0 aliphatic heterocycles. The number of hydrogen-bond acceptors (Lipinski definition) is 2. The van der Waals surface area contributed by atoms with Crippen molar-refractivity contribution in [2.24, 2.45) is 0 Å². The summed E-state index contributed by atoms with van der Waals surface area (Å²) in [6, 6.07) is 2.01. The van der Waals surface area contributed by atoms with Crippen molar-refractivity contribution in [3.8, 4) is 0 Å². The van der Waals surface area contributed by atoms with Gasteiger partial charge in [0.05, 0.1) is 5.69 Å². The summed E-state index contributed by atoms with van der Waals surface area (Å²) in [5, 5.41) is 3.20. The maximum absolute atomic E-state index is 5.30. The van der Waals surface area contributed by atoms with Crippen molar-refractivity contribution in [3.05, 3.63) is 17.6 Å². The van der Waals surface area contributed by atoms with Gasteiger partial charge in [-0.1, -0.05) is 0 Å². The zero-order valence-electron chi connectivity index (χ0n) is 6.69. The van der Waals surface area contributed by atoms with E-state index in [1.165, 1.54) is 0 Å². The number of rotatable bonds is 2. The molecule has 10 heavy (non-hydrogen) atoms. The van der Waals surface area contributed by atoms with Gasteiger partial charge in [0.1, 0.15) is 11.5 Å². The van der Waals surface area contributed by atoms with Gasteiger partial charge in [-0.2, -0.15) is 0 Å². The Morgan fingerprint density at radius 3 is 2.60 bits per heavy atom. The lowest BCUT2D eigenvalue weighted by Gasteiger charge is -1.96. The molecule has 1 rings (SSSR count). The summed E-state index contributed by atoms with van der Waals surface area (Å²) in [6.45, 7) is 6.93. The third-order valence-corrected chi connectivity index (χ3v) is 1.41. The predicted octanol–water partition coefficient (Wildman–Crippen LogP) is 2.33. The number of anilines is 1. The average molecular weight is 139 g/mol. The minimum absolute atomic E-state index is 0.944. The molecule has 56 valence electrons. The molecule has 0 aliphatic carbocycles. The topological polar surface area (TPSA) is 25.2 Å². The van der Waals surface area contributed by atoms with Gasteiger partial charge >= 0.3 is 0 Å². The van der Waals surface area contributed by atoms with Crippen LogP contribution in [0.1, 0.15) is 18.4 Å². The summed E-state index contributed by atoms with van der Waals surface area (Å²) in [6.07, 6.45) is 0. The summed E-state index contributed by atoms with van der Waals surface area (Å²) in [7, 11) is 0. The van der Waals surface area contributed by atoms with Crippen LogP contribution in [0.2, 0.25) is 0 Å². The molecular weight excluding hydrogens is 126 g/mol. The van der Waals surface area contributed by atoms with Gasteiger partial charge in [-0.15, -0.1) is 0 Å². The molecule has 1 aromatic rings. The van der Waals surface area contributed by atoms with E-state index >= 15 is 0 Å². The maximum atomic E-state index is 5.30. The Morgan fingerprint density at radius 1 is 1.50 bits per heavy atom. The molecule has 0 saturated carbocycles. The van der Waals surface area contributed by atoms with Crippen molar-refractivity contribution in [3.63, 3.8) is 0 Å². The van der Waals surface area contributed by atoms with Gasteiger partial charge < -0.3 is 9.73 Å². The molecule has 0 saturated heterocycles. The highest BCUT2D eigenvalue weighted by atomic mass is 16.3. The van der Waals surface area contributed by atoms with Crippen molar-refractivity contribution in [1.82, 2.24) is 0 Å². The zero-order chi connectivity index (χ0) is 7.56. The lowest BCUT2D eigenvalue weighted by molar-refractivity contribution is 0.505. The van der Waals surface area contributed by atoms with Crippen LogP contribution in [0.25, 0.3) is 0 Å². The summed E-state index contributed by atoms with van der Waals surface area (Å²) < 4.78 is 5.30. The molecule has 1 aromatic heterocycles. The van der Waals surface area contributed by atoms with Gasteiger partial charge in [-0.05, 0) is 20.8 Å². The van der Waals surface area contributed by atoms with Crippen LogP contribution < -0.4 is 5.32 Å². The Labute approximate surface area is 61.2 Å². The molecule has 2 nitrogen and oxygen atoms in total. The lowest BCUT2D eigenvalue weighted by Crippen LogP contribution is -1.95. The highest BCUT2D eigenvalue weighted by molar-refractivity contribution is 5.47. The molecule has 0 aliphatic rings. The van der Waals surface area contributed by atoms with Crippen molar-refractivity contribution in [1.29, 1.82) is 0 Å². The van der Waals surface area contributed by atoms with Gasteiger partial charge in [0.2, 0.25) is 0 Å². The molecule has 2 heteroatoms. The fourth-order valence-corrected chi connectivity index (χ4v) is 0.997. The highest BCUT2D eigenvalue weighted by Gasteiger charge is 2.00. The summed E-state index contributed by atoms with van der Waals surface area (Å²) in [4.78, 5) is 0. The van der Waals surface area contributed by atoms with Gasteiger partial charge in [-0.3, -0.25) is 0 Å². The van der Waals surface area contributed by atoms with E-state index in [9.17, 15) is 0 Å². The van der Waals surface area contributed by atoms with E-state index in [-0.39, 0.29) is 0 Å². The fourth-order valence-electron chi connectivity index (χ4n) is 0.997. The number of nitrogens with one attached hydrogen (secondary N) is 1. The van der Waals surface area contributed by atoms with Crippen LogP contribution in [-0.4, -0.2) is 6.54 Å². The summed E-state index contributed by atoms with van der Waals surface area (Å²) in [5.74, 6) is 1.94. The molecule has 1 N–H and O–H groups in total. The van der Waals surface area contributed by atoms with E-state index in [0.29, 0.717) is 0 Å². The van der Waals surface area contributed by atoms with Crippen LogP contribution in [0.15, 0.2) is 10.5 Å². The molecule has 0 amide bonds. The van der Waals surface area contributed by atoms with Crippen LogP contribution in [-0.2, 0) is 0 Å². The zero-order valence-corrected chi connectivity index (χ0v) is 6.69. The van der Waals surface area contributed by atoms with E-state index in [0.717, 1.165) is 23.8 Å². The summed E-state index contributed by atoms with van der Waals surface area (Å²) in [5.41, 5.74) is 1.11. The van der Waals surface area contributed by atoms with Crippen LogP contribution in [0.4, 0.5) is 5.69 Å². The van der Waals surface area contributed by atoms with Crippen LogP contribution in [0.3, 0.4) is 0 Å². The van der Waals surface area contributed by atoms with Crippen molar-refractivity contribution in [2.45, 2.75) is 20.8 Å². The largest absolute Gasteiger partial charge is 0.464 e. The maximum Gasteiger partial charge on any atom is 0.124 e. The Hall–Kier alpha value is -0.920. The van der Waals surface area contributed by atoms with Crippen molar-refractivity contribution < 1.29 is 4.42 Å². The molecule has 0 bridgehead atoms. The second kappa shape index (κ2) is 2.78. The third kappa shape index (κ3) is 1.32. The monoisotopic (exact) mass is 139 g/mol. The smallest absolute Gasteiger partial charge is 0.124 e. The van der Waals surface area contributed by atoms with Crippen molar-refractivity contribution >= 4 is 5.69 Å². The standard InChI is InChI=1S/C8H13NO/c1-4-9-8-5-6(2)10-7(8)3/h5,9H,4H2,1-3H3. The van der Waals surface area contributed by atoms with Crippen molar-refractivity contribution in [2.75, 3.05) is 11.9 Å². The highest BCUT2D eigenvalue weighted by Crippen LogP contribution is 2.18. The third-order valence-electron chi connectivity index (χ3n) is 1.41. The number of hydrogen-bond donors (Lipinski definition) is 1. The Morgan fingerprint density at radius 2 is 2.20 bits per heavy atom. The molecule has 0 radical (unpaired) electrons. The average Bonchev–Trinajstić information content (AvgIpc) is 2.13. The SMILES string of the molecule is CCNc1cc(C)oc1C. The molecule has 0 fully saturated rings. The molecule has 0 atom stereocenters. The number of furan rings is 1. The fraction of sp³-hybridized carbons (Fsp3) is 0.500. The van der Waals surface area contributed by atoms with Gasteiger partial charge in [0.25, 0.3) is 0 Å². The van der Waals surface area contributed by atoms with E-state index in [1.54, 1.807) is 0 Å². The first-order chi connectivity index (χ1) is 4.74. The van der Waals surface area contributed by atoms with Gasteiger partial charge in [-0.25, -0.2) is 0 Å². The normalized spacial score (nSPS) is 9.90. The first-order valence-electron chi connectivity index (χ1n) is 3.55. The number of aryl methyl sites for hydroxylation is 2. The van der Waals surface area contributed by atoms with Gasteiger partial charge in [0.15, 0.2) is 0 Å². The molecular formula is C8H13NO. The minimum atomic E-state index is 0.944. The second-order valence-corrected chi connectivity index (χ2v) is 2.36. The minimum Gasteiger partial charge on any atom is -0.464 e. The molecule has 0 spiro atoms. The van der Waals surface area contributed by atoms with Crippen LogP contribution >= 0.6 is 0 Å². The Bertz CT molecular complexity index is 215. The van der Waals surface area contributed by atoms with E-state index < -0.39 is 0 Å². The van der Waals surface area contributed by atoms with Gasteiger partial charge in [0, 0.05) is 12.6 Å². The van der Waals surface area contributed by atoms with Crippen LogP contribution in [0.5, 0.6) is 0 Å². The van der Waals surface area contributed by atoms with E-state index in [1.807, 2.05) is 19.9 Å². The van der Waals surface area contributed by atoms with Crippen LogP contribution in [0, 0.1) is 13.8 Å². The Kier molecular flexibility index (Phi) is 2.00. The molecule has 0 unspecified atom stereocenters. The quantitative estimate of drug-likeness (QED) is 0.680. The van der Waals surface area contributed by atoms with E-state index in [4.69, 9.17) is 4.42 Å². The van der Waals surface area contributed by atoms with E-state index in [2.05, 4.69) is 12.2 Å². The Balaban J connectivity index is 2.81. The first kappa shape index (κ1) is 7.19. The molecule has 0 aromatic carbocycles. The summed E-state index contributed by atoms with van der Waals surface area (Å²) >= 11 is 0. The molecule has 1 heterocycles. The predicted molar refractivity (Wildman–Crippen MR) is 42.3 cm³/mol.